The first-order chi connectivity index (χ1) is 40.1. The predicted octanol–water partition coefficient (Wildman–Crippen LogP) is 25.5. The van der Waals surface area contributed by atoms with E-state index in [0.717, 1.165) is 56.3 Å². The van der Waals surface area contributed by atoms with Crippen molar-refractivity contribution in [3.63, 3.8) is 0 Å². The van der Waals surface area contributed by atoms with Crippen molar-refractivity contribution in [3.8, 4) is 0 Å². The molecule has 1 aliphatic rings. The van der Waals surface area contributed by atoms with Crippen LogP contribution in [0.3, 0.4) is 0 Å². The van der Waals surface area contributed by atoms with E-state index in [0.29, 0.717) is 18.5 Å². The Morgan fingerprint density at radius 2 is 0.463 bits per heavy atom. The van der Waals surface area contributed by atoms with Crippen molar-refractivity contribution in [1.82, 2.24) is 7.07 Å². The summed E-state index contributed by atoms with van der Waals surface area (Å²) in [4.78, 5) is 0. The molecule has 82 heavy (non-hydrogen) atoms. The molecule has 0 aromatic heterocycles. The van der Waals surface area contributed by atoms with Crippen molar-refractivity contribution in [2.45, 2.75) is 369 Å². The van der Waals surface area contributed by atoms with E-state index < -0.39 is 0 Å². The fourth-order valence-corrected chi connectivity index (χ4v) is 13.8. The van der Waals surface area contributed by atoms with Crippen molar-refractivity contribution in [2.75, 3.05) is 28.2 Å². The normalized spacial score (nSPS) is 12.8. The van der Waals surface area contributed by atoms with Gasteiger partial charge in [-0.25, -0.2) is 4.70 Å². The quantitative estimate of drug-likeness (QED) is 0.0376. The summed E-state index contributed by atoms with van der Waals surface area (Å²) in [7, 11) is 8.31. The summed E-state index contributed by atoms with van der Waals surface area (Å²) in [6.07, 6.45) is 67.5. The van der Waals surface area contributed by atoms with E-state index in [9.17, 15) is 5.53 Å². The Labute approximate surface area is 522 Å². The molecule has 0 unspecified atom stereocenters. The van der Waals surface area contributed by atoms with Crippen LogP contribution in [-0.4, -0.2) is 40.0 Å². The van der Waals surface area contributed by atoms with E-state index in [1.165, 1.54) is 327 Å². The first-order valence-corrected chi connectivity index (χ1v) is 37.7. The Balaban J connectivity index is 0.00000307. The molecule has 4 nitrogen and oxygen atoms in total. The van der Waals surface area contributed by atoms with E-state index in [2.05, 4.69) is 113 Å². The first kappa shape index (κ1) is 76.2. The maximum absolute atomic E-state index is 13.1. The Morgan fingerprint density at radius 3 is 0.683 bits per heavy atom. The van der Waals surface area contributed by atoms with Crippen molar-refractivity contribution in [3.05, 3.63) is 86.5 Å². The minimum atomic E-state index is 0.639. The van der Waals surface area contributed by atoms with Crippen LogP contribution in [0.25, 0.3) is 16.9 Å². The van der Waals surface area contributed by atoms with Gasteiger partial charge in [-0.15, -0.1) is 0 Å². The van der Waals surface area contributed by atoms with Crippen LogP contribution in [0.15, 0.2) is 47.5 Å². The fraction of sp³-hybridized carbons (Fsp3) is 0.792. The third-order valence-corrected chi connectivity index (χ3v) is 18.6. The van der Waals surface area contributed by atoms with Crippen molar-refractivity contribution in [1.29, 1.82) is 0 Å². The molecular weight excluding hydrogens is 1090 g/mol. The zero-order chi connectivity index (χ0) is 59.5. The van der Waals surface area contributed by atoms with Crippen molar-refractivity contribution >= 4 is 11.4 Å². The average molecular weight is 1230 g/mol. The molecule has 3 rings (SSSR count). The summed E-state index contributed by atoms with van der Waals surface area (Å²) in [6, 6.07) is 15.2. The van der Waals surface area contributed by atoms with Gasteiger partial charge < -0.3 is 5.53 Å². The van der Waals surface area contributed by atoms with E-state index in [-0.39, 0.29) is 0 Å². The van der Waals surface area contributed by atoms with Gasteiger partial charge in [-0.3, -0.25) is 0 Å². The van der Waals surface area contributed by atoms with Crippen LogP contribution in [0.5, 0.6) is 0 Å². The van der Waals surface area contributed by atoms with Crippen LogP contribution >= 0.6 is 0 Å². The molecular formula is C77H138N4Pd. The Morgan fingerprint density at radius 1 is 0.268 bits per heavy atom. The van der Waals surface area contributed by atoms with Gasteiger partial charge in [0.1, 0.15) is 0 Å². The van der Waals surface area contributed by atoms with Crippen LogP contribution in [0.2, 0.25) is 0 Å². The molecule has 0 radical (unpaired) electrons. The standard InChI is InChI=1S/C73H126N2.2C2H6N.Pd/c1-7-13-19-23-27-31-35-39-43-48-52-64-58-65(53-49-44-40-36-32-28-24-20-14-8-2)61-68(60-64)72-70(56-18-12-6)71(57-47-17-11-5)73(75(72)74)69-62-66(54-50-45-41-37-33-29-25-21-15-9-3)59-67(63-69)55-51-46-42-38-34-30-26-22-16-10-4;2*1-3-2;/h58-63H,7-57H2,1-6H3;2*1-2H3;/q;2*-1;+2. The summed E-state index contributed by atoms with van der Waals surface area (Å²) in [5, 5.41) is 0. The Hall–Kier alpha value is -1.90. The number of unbranched alkanes of at least 4 members (excludes halogenated alkanes) is 39. The monoisotopic (exact) mass is 1220 g/mol. The summed E-state index contributed by atoms with van der Waals surface area (Å²) < 4.78 is 6.10. The molecule has 0 N–H and O–H groups in total. The van der Waals surface area contributed by atoms with E-state index >= 15 is 0 Å². The van der Waals surface area contributed by atoms with Crippen LogP contribution < -0.4 is 0 Å². The summed E-state index contributed by atoms with van der Waals surface area (Å²) in [6.45, 7) is 14.0. The fourth-order valence-electron chi connectivity index (χ4n) is 12.6. The van der Waals surface area contributed by atoms with Crippen LogP contribution in [0.4, 0.5) is 0 Å². The molecule has 0 atom stereocenters. The molecule has 0 saturated carbocycles. The molecule has 0 saturated heterocycles. The molecule has 0 amide bonds. The summed E-state index contributed by atoms with van der Waals surface area (Å²) in [5.41, 5.74) is 26.7. The number of rotatable bonds is 55. The molecule has 2 aromatic rings. The van der Waals surface area contributed by atoms with Gasteiger partial charge in [0, 0.05) is 22.3 Å². The molecule has 1 heterocycles. The Bertz CT molecular complexity index is 1800. The third-order valence-electron chi connectivity index (χ3n) is 17.4. The van der Waals surface area contributed by atoms with Gasteiger partial charge in [-0.2, -0.15) is 0 Å². The van der Waals surface area contributed by atoms with Gasteiger partial charge >= 0.3 is 53.7 Å². The SMILES string of the molecule is CCCCCCCCCCCCc1cc(CCCCCCCCCCCC)cc(C2=C(CCCC)C(CCCCC)=C(c3cc(CCCCCCCCCCCC)cc(CCCCCCCCCCCC)c3)[N+]2=[N-])c1.C[N](C)[Pd][N](C)C. The number of hydrogen-bond acceptors (Lipinski definition) is 2. The van der Waals surface area contributed by atoms with Crippen LogP contribution in [0, 0.1) is 0 Å². The molecule has 0 aliphatic carbocycles. The molecule has 0 spiro atoms. The number of nitrogens with zero attached hydrogens (tertiary/aromatic N) is 4. The summed E-state index contributed by atoms with van der Waals surface area (Å²) in [5.74, 6) is 0. The first-order valence-electron chi connectivity index (χ1n) is 36.3. The van der Waals surface area contributed by atoms with E-state index in [1.807, 2.05) is 0 Å². The van der Waals surface area contributed by atoms with Crippen LogP contribution in [0.1, 0.15) is 377 Å². The Kier molecular flexibility index (Phi) is 49.6. The zero-order valence-corrected chi connectivity index (χ0v) is 58.2. The maximum atomic E-state index is 13.1. The summed E-state index contributed by atoms with van der Waals surface area (Å²) >= 11 is 0.639. The van der Waals surface area contributed by atoms with Gasteiger partial charge in [0.25, 0.3) is 0 Å². The second-order valence-corrected chi connectivity index (χ2v) is 28.9. The van der Waals surface area contributed by atoms with Gasteiger partial charge in [0.15, 0.2) is 0 Å². The van der Waals surface area contributed by atoms with E-state index in [1.54, 1.807) is 4.70 Å². The van der Waals surface area contributed by atoms with Crippen molar-refractivity contribution < 1.29 is 23.2 Å². The average Bonchev–Trinajstić information content (AvgIpc) is 2.70. The molecule has 2 aromatic carbocycles. The number of aryl methyl sites for hydroxylation is 4. The minimum absolute atomic E-state index is 0.639. The third kappa shape index (κ3) is 37.6. The molecule has 1 aliphatic heterocycles. The van der Waals surface area contributed by atoms with Crippen molar-refractivity contribution in [2.24, 2.45) is 0 Å². The molecule has 0 bridgehead atoms. The number of hydrogen-bond donors (Lipinski definition) is 0. The van der Waals surface area contributed by atoms with Gasteiger partial charge in [0.05, 0.1) is 0 Å². The molecule has 0 fully saturated rings. The topological polar surface area (TPSA) is 31.8 Å². The van der Waals surface area contributed by atoms with Gasteiger partial charge in [0.2, 0.25) is 11.4 Å². The van der Waals surface area contributed by atoms with Crippen LogP contribution in [-0.2, 0) is 44.2 Å². The van der Waals surface area contributed by atoms with Gasteiger partial charge in [-0.1, -0.05) is 304 Å². The second kappa shape index (κ2) is 53.4. The zero-order valence-electron chi connectivity index (χ0n) is 56.6. The second-order valence-electron chi connectivity index (χ2n) is 25.9. The number of allylic oxidation sites excluding steroid dienone is 2. The molecule has 5 heteroatoms. The van der Waals surface area contributed by atoms with Gasteiger partial charge in [-0.05, 0) is 124 Å². The molecule has 476 valence electrons. The number of benzene rings is 2. The predicted molar refractivity (Wildman–Crippen MR) is 364 cm³/mol. The van der Waals surface area contributed by atoms with E-state index in [4.69, 9.17) is 0 Å².